The number of hydrogen-bond donors (Lipinski definition) is 1. The van der Waals surface area contributed by atoms with Gasteiger partial charge in [-0.05, 0) is 19.8 Å². The number of carbonyl (C=O) groups excluding carboxylic acids is 1. The van der Waals surface area contributed by atoms with Gasteiger partial charge in [0.05, 0.1) is 19.8 Å². The maximum absolute atomic E-state index is 12.3. The Bertz CT molecular complexity index is 489. The molecule has 3 aliphatic rings. The number of aliphatic imine (C=N–C) groups is 1. The topological polar surface area (TPSA) is 57.2 Å². The van der Waals surface area contributed by atoms with E-state index in [4.69, 9.17) is 9.73 Å². The van der Waals surface area contributed by atoms with Gasteiger partial charge in [0, 0.05) is 49.6 Å². The number of hydrogen-bond acceptors (Lipinski definition) is 4. The van der Waals surface area contributed by atoms with Crippen molar-refractivity contribution in [1.29, 1.82) is 0 Å². The van der Waals surface area contributed by atoms with E-state index in [0.29, 0.717) is 44.0 Å². The number of morpholine rings is 1. The van der Waals surface area contributed by atoms with Crippen LogP contribution in [0.15, 0.2) is 4.99 Å². The Morgan fingerprint density at radius 1 is 1.15 bits per heavy atom. The molecule has 156 valence electrons. The minimum atomic E-state index is 0. The Morgan fingerprint density at radius 2 is 1.89 bits per heavy atom. The quantitative estimate of drug-likeness (QED) is 0.358. The van der Waals surface area contributed by atoms with Crippen molar-refractivity contribution in [3.05, 3.63) is 0 Å². The summed E-state index contributed by atoms with van der Waals surface area (Å²) in [5.74, 6) is 2.37. The lowest BCUT2D eigenvalue weighted by Crippen LogP contribution is -2.53. The van der Waals surface area contributed by atoms with E-state index in [1.54, 1.807) is 0 Å². The SMILES string of the molecule is CCNC(=NCCC(=O)N1CCOCC1)N1CCSC2(CCCCC2)C1.I. The molecule has 0 aromatic heterocycles. The number of rotatable bonds is 4. The second-order valence-corrected chi connectivity index (χ2v) is 9.06. The molecule has 3 fully saturated rings. The van der Waals surface area contributed by atoms with Crippen molar-refractivity contribution in [1.82, 2.24) is 15.1 Å². The van der Waals surface area contributed by atoms with Crippen molar-refractivity contribution in [2.75, 3.05) is 58.2 Å². The van der Waals surface area contributed by atoms with Gasteiger partial charge >= 0.3 is 0 Å². The average Bonchev–Trinajstić information content (AvgIpc) is 2.68. The van der Waals surface area contributed by atoms with Gasteiger partial charge in [-0.3, -0.25) is 9.79 Å². The first-order valence-electron chi connectivity index (χ1n) is 10.3. The van der Waals surface area contributed by atoms with Crippen LogP contribution in [0.2, 0.25) is 0 Å². The first-order valence-corrected chi connectivity index (χ1v) is 11.2. The zero-order valence-corrected chi connectivity index (χ0v) is 19.7. The lowest BCUT2D eigenvalue weighted by atomic mass is 9.87. The molecule has 6 nitrogen and oxygen atoms in total. The van der Waals surface area contributed by atoms with Crippen LogP contribution >= 0.6 is 35.7 Å². The minimum absolute atomic E-state index is 0. The first-order chi connectivity index (χ1) is 12.7. The van der Waals surface area contributed by atoms with Gasteiger partial charge in [-0.15, -0.1) is 24.0 Å². The van der Waals surface area contributed by atoms with E-state index < -0.39 is 0 Å². The summed E-state index contributed by atoms with van der Waals surface area (Å²) in [5.41, 5.74) is 0. The zero-order chi connectivity index (χ0) is 18.2. The third-order valence-electron chi connectivity index (χ3n) is 5.60. The second-order valence-electron chi connectivity index (χ2n) is 7.49. The molecule has 1 N–H and O–H groups in total. The summed E-state index contributed by atoms with van der Waals surface area (Å²) in [4.78, 5) is 21.5. The maximum Gasteiger partial charge on any atom is 0.224 e. The van der Waals surface area contributed by atoms with Crippen molar-refractivity contribution in [2.24, 2.45) is 4.99 Å². The molecule has 0 atom stereocenters. The highest BCUT2D eigenvalue weighted by Crippen LogP contribution is 2.42. The molecule has 1 amide bonds. The maximum atomic E-state index is 12.3. The monoisotopic (exact) mass is 510 g/mol. The van der Waals surface area contributed by atoms with E-state index >= 15 is 0 Å². The number of ether oxygens (including phenoxy) is 1. The van der Waals surface area contributed by atoms with Gasteiger partial charge in [0.2, 0.25) is 5.91 Å². The molecule has 0 aromatic carbocycles. The number of nitrogens with one attached hydrogen (secondary N) is 1. The largest absolute Gasteiger partial charge is 0.378 e. The van der Waals surface area contributed by atoms with E-state index in [2.05, 4.69) is 28.9 Å². The van der Waals surface area contributed by atoms with Crippen LogP contribution in [0.4, 0.5) is 0 Å². The molecular formula is C19H35IN4O2S. The fourth-order valence-electron chi connectivity index (χ4n) is 4.18. The standard InChI is InChI=1S/C19H34N4O2S.HI/c1-2-20-18(21-9-6-17(24)22-10-13-25-14-11-22)23-12-15-26-19(16-23)7-4-3-5-8-19;/h2-16H2,1H3,(H,20,21);1H. The predicted octanol–water partition coefficient (Wildman–Crippen LogP) is 2.57. The average molecular weight is 510 g/mol. The third-order valence-corrected chi connectivity index (χ3v) is 7.14. The van der Waals surface area contributed by atoms with Crippen LogP contribution in [0, 0.1) is 0 Å². The minimum Gasteiger partial charge on any atom is -0.378 e. The van der Waals surface area contributed by atoms with Crippen molar-refractivity contribution < 1.29 is 9.53 Å². The molecule has 0 bridgehead atoms. The predicted molar refractivity (Wildman–Crippen MR) is 123 cm³/mol. The molecule has 0 radical (unpaired) electrons. The Morgan fingerprint density at radius 3 is 2.59 bits per heavy atom. The highest BCUT2D eigenvalue weighted by atomic mass is 127. The molecule has 0 aromatic rings. The highest BCUT2D eigenvalue weighted by molar-refractivity contribution is 14.0. The van der Waals surface area contributed by atoms with Crippen LogP contribution in [0.1, 0.15) is 45.4 Å². The number of nitrogens with zero attached hydrogens (tertiary/aromatic N) is 3. The Labute approximate surface area is 185 Å². The van der Waals surface area contributed by atoms with E-state index in [9.17, 15) is 4.79 Å². The molecule has 0 unspecified atom stereocenters. The molecule has 27 heavy (non-hydrogen) atoms. The lowest BCUT2D eigenvalue weighted by Gasteiger charge is -2.45. The number of carbonyl (C=O) groups is 1. The summed E-state index contributed by atoms with van der Waals surface area (Å²) in [6, 6.07) is 0. The van der Waals surface area contributed by atoms with Crippen LogP contribution < -0.4 is 5.32 Å². The smallest absolute Gasteiger partial charge is 0.224 e. The van der Waals surface area contributed by atoms with Gasteiger partial charge in [-0.2, -0.15) is 11.8 Å². The molecule has 1 saturated carbocycles. The lowest BCUT2D eigenvalue weighted by molar-refractivity contribution is -0.135. The zero-order valence-electron chi connectivity index (χ0n) is 16.6. The fraction of sp³-hybridized carbons (Fsp3) is 0.895. The van der Waals surface area contributed by atoms with Crippen molar-refractivity contribution >= 4 is 47.6 Å². The summed E-state index contributed by atoms with van der Waals surface area (Å²) in [5, 5.41) is 3.45. The number of amides is 1. The van der Waals surface area contributed by atoms with E-state index in [0.717, 1.165) is 25.6 Å². The summed E-state index contributed by atoms with van der Waals surface area (Å²) in [7, 11) is 0. The van der Waals surface area contributed by atoms with Gasteiger partial charge in [0.1, 0.15) is 0 Å². The van der Waals surface area contributed by atoms with Crippen LogP contribution in [-0.2, 0) is 9.53 Å². The second kappa shape index (κ2) is 11.7. The highest BCUT2D eigenvalue weighted by Gasteiger charge is 2.38. The van der Waals surface area contributed by atoms with Crippen molar-refractivity contribution in [3.63, 3.8) is 0 Å². The van der Waals surface area contributed by atoms with Crippen molar-refractivity contribution in [3.8, 4) is 0 Å². The third kappa shape index (κ3) is 6.66. The van der Waals surface area contributed by atoms with E-state index in [-0.39, 0.29) is 29.9 Å². The van der Waals surface area contributed by atoms with E-state index in [1.807, 2.05) is 4.90 Å². The number of guanidine groups is 1. The number of thioether (sulfide) groups is 1. The molecule has 1 spiro atoms. The first kappa shape index (κ1) is 23.1. The Kier molecular flexibility index (Phi) is 10.00. The molecule has 3 rings (SSSR count). The van der Waals surface area contributed by atoms with E-state index in [1.165, 1.54) is 37.9 Å². The summed E-state index contributed by atoms with van der Waals surface area (Å²) in [6.45, 7) is 8.45. The van der Waals surface area contributed by atoms with Crippen LogP contribution in [0.25, 0.3) is 0 Å². The van der Waals surface area contributed by atoms with Crippen LogP contribution in [-0.4, -0.2) is 84.6 Å². The Hall–Kier alpha value is -0.220. The summed E-state index contributed by atoms with van der Waals surface area (Å²) >= 11 is 2.18. The van der Waals surface area contributed by atoms with Gasteiger partial charge in [-0.25, -0.2) is 0 Å². The molecule has 2 saturated heterocycles. The van der Waals surface area contributed by atoms with Crippen LogP contribution in [0.3, 0.4) is 0 Å². The fourth-order valence-corrected chi connectivity index (χ4v) is 5.75. The molecule has 1 aliphatic carbocycles. The Balaban J connectivity index is 0.00000261. The molecule has 2 heterocycles. The van der Waals surface area contributed by atoms with Crippen molar-refractivity contribution in [2.45, 2.75) is 50.2 Å². The molecule has 8 heteroatoms. The molecule has 2 aliphatic heterocycles. The normalized spacial score (nSPS) is 23.1. The van der Waals surface area contributed by atoms with Crippen LogP contribution in [0.5, 0.6) is 0 Å². The van der Waals surface area contributed by atoms with Gasteiger partial charge in [0.25, 0.3) is 0 Å². The number of halogens is 1. The van der Waals surface area contributed by atoms with Gasteiger partial charge in [0.15, 0.2) is 5.96 Å². The van der Waals surface area contributed by atoms with Gasteiger partial charge in [-0.1, -0.05) is 19.3 Å². The summed E-state index contributed by atoms with van der Waals surface area (Å²) in [6.07, 6.45) is 7.28. The summed E-state index contributed by atoms with van der Waals surface area (Å²) < 4.78 is 5.75. The molecular weight excluding hydrogens is 475 g/mol. The van der Waals surface area contributed by atoms with Gasteiger partial charge < -0.3 is 19.9 Å².